The number of nitrogens with one attached hydrogen (secondary N) is 1. The zero-order valence-corrected chi connectivity index (χ0v) is 18.6. The van der Waals surface area contributed by atoms with Crippen LogP contribution in [0.2, 0.25) is 5.02 Å². The normalized spacial score (nSPS) is 15.2. The van der Waals surface area contributed by atoms with Crippen LogP contribution in [0.25, 0.3) is 0 Å². The second-order valence-electron chi connectivity index (χ2n) is 8.00. The van der Waals surface area contributed by atoms with Crippen LogP contribution in [0.1, 0.15) is 22.7 Å². The summed E-state index contributed by atoms with van der Waals surface area (Å²) in [7, 11) is 0. The van der Waals surface area contributed by atoms with Crippen molar-refractivity contribution >= 4 is 23.2 Å². The Hall–Kier alpha value is -2.66. The number of anilines is 1. The standard InChI is InChI=1S/C26H28ClN3O/c1-20-23(27)13-8-14-24(20)28-25(31)19-29-15-17-30(18-16-29)26(21-9-4-2-5-10-21)22-11-6-3-7-12-22/h2-14,26H,15-19H2,1H3,(H,28,31). The molecule has 0 atom stereocenters. The molecule has 1 amide bonds. The van der Waals surface area contributed by atoms with Gasteiger partial charge in [0.2, 0.25) is 5.91 Å². The molecule has 3 aromatic rings. The summed E-state index contributed by atoms with van der Waals surface area (Å²) in [6.07, 6.45) is 0. The lowest BCUT2D eigenvalue weighted by Crippen LogP contribution is -2.49. The summed E-state index contributed by atoms with van der Waals surface area (Å²) < 4.78 is 0. The van der Waals surface area contributed by atoms with Crippen LogP contribution in [-0.4, -0.2) is 48.4 Å². The number of halogens is 1. The van der Waals surface area contributed by atoms with Crippen molar-refractivity contribution in [2.75, 3.05) is 38.0 Å². The fourth-order valence-corrected chi connectivity index (χ4v) is 4.37. The molecule has 0 aliphatic carbocycles. The van der Waals surface area contributed by atoms with Gasteiger partial charge in [-0.25, -0.2) is 0 Å². The Morgan fingerprint density at radius 2 is 1.45 bits per heavy atom. The maximum absolute atomic E-state index is 12.6. The zero-order chi connectivity index (χ0) is 21.6. The summed E-state index contributed by atoms with van der Waals surface area (Å²) >= 11 is 6.17. The number of hydrogen-bond donors (Lipinski definition) is 1. The van der Waals surface area contributed by atoms with Crippen LogP contribution in [0.4, 0.5) is 5.69 Å². The summed E-state index contributed by atoms with van der Waals surface area (Å²) in [5, 5.41) is 3.67. The van der Waals surface area contributed by atoms with Crippen molar-refractivity contribution in [3.8, 4) is 0 Å². The molecule has 1 aliphatic rings. The second kappa shape index (κ2) is 10.1. The van der Waals surface area contributed by atoms with Crippen LogP contribution in [0.5, 0.6) is 0 Å². The number of nitrogens with zero attached hydrogens (tertiary/aromatic N) is 2. The Bertz CT molecular complexity index is 962. The molecule has 1 fully saturated rings. The Morgan fingerprint density at radius 1 is 0.871 bits per heavy atom. The van der Waals surface area contributed by atoms with E-state index in [1.165, 1.54) is 11.1 Å². The van der Waals surface area contributed by atoms with Crippen LogP contribution in [0.3, 0.4) is 0 Å². The van der Waals surface area contributed by atoms with Gasteiger partial charge in [-0.2, -0.15) is 0 Å². The highest BCUT2D eigenvalue weighted by Gasteiger charge is 2.27. The fraction of sp³-hybridized carbons (Fsp3) is 0.269. The number of benzene rings is 3. The van der Waals surface area contributed by atoms with Crippen LogP contribution < -0.4 is 5.32 Å². The monoisotopic (exact) mass is 433 g/mol. The van der Waals surface area contributed by atoms with Crippen LogP contribution in [-0.2, 0) is 4.79 Å². The first kappa shape index (κ1) is 21.6. The molecule has 3 aromatic carbocycles. The molecule has 1 aliphatic heterocycles. The first-order chi connectivity index (χ1) is 15.1. The van der Waals surface area contributed by atoms with Gasteiger partial charge in [0.1, 0.15) is 0 Å². The molecule has 0 aromatic heterocycles. The van der Waals surface area contributed by atoms with Crippen molar-refractivity contribution in [1.29, 1.82) is 0 Å². The van der Waals surface area contributed by atoms with Gasteiger partial charge in [-0.05, 0) is 35.7 Å². The summed E-state index contributed by atoms with van der Waals surface area (Å²) in [5.41, 5.74) is 4.29. The molecule has 0 radical (unpaired) electrons. The number of piperazine rings is 1. The molecule has 160 valence electrons. The third-order valence-corrected chi connectivity index (χ3v) is 6.32. The largest absolute Gasteiger partial charge is 0.325 e. The SMILES string of the molecule is Cc1c(Cl)cccc1NC(=O)CN1CCN(C(c2ccccc2)c2ccccc2)CC1. The summed E-state index contributed by atoms with van der Waals surface area (Å²) in [5.74, 6) is 0.00138. The summed E-state index contributed by atoms with van der Waals surface area (Å²) in [6, 6.07) is 27.1. The fourth-order valence-electron chi connectivity index (χ4n) is 4.20. The molecule has 4 rings (SSSR count). The average molecular weight is 434 g/mol. The molecule has 0 spiro atoms. The minimum absolute atomic E-state index is 0.00138. The predicted molar refractivity (Wildman–Crippen MR) is 128 cm³/mol. The van der Waals surface area contributed by atoms with Crippen LogP contribution in [0.15, 0.2) is 78.9 Å². The third kappa shape index (κ3) is 5.34. The molecule has 5 heteroatoms. The zero-order valence-electron chi connectivity index (χ0n) is 17.8. The van der Waals surface area contributed by atoms with Crippen molar-refractivity contribution in [1.82, 2.24) is 9.80 Å². The molecule has 0 saturated carbocycles. The molecule has 0 bridgehead atoms. The molecule has 1 heterocycles. The highest BCUT2D eigenvalue weighted by molar-refractivity contribution is 6.31. The van der Waals surface area contributed by atoms with E-state index in [0.29, 0.717) is 11.6 Å². The van der Waals surface area contributed by atoms with E-state index in [4.69, 9.17) is 11.6 Å². The number of hydrogen-bond acceptors (Lipinski definition) is 3. The van der Waals surface area contributed by atoms with Crippen LogP contribution in [0, 0.1) is 6.92 Å². The van der Waals surface area contributed by atoms with Crippen LogP contribution >= 0.6 is 11.6 Å². The van der Waals surface area contributed by atoms with E-state index in [2.05, 4.69) is 75.8 Å². The van der Waals surface area contributed by atoms with E-state index in [9.17, 15) is 4.79 Å². The first-order valence-corrected chi connectivity index (χ1v) is 11.1. The van der Waals surface area contributed by atoms with Gasteiger partial charge < -0.3 is 5.32 Å². The highest BCUT2D eigenvalue weighted by Crippen LogP contribution is 2.29. The topological polar surface area (TPSA) is 35.6 Å². The Kier molecular flexibility index (Phi) is 7.03. The average Bonchev–Trinajstić information content (AvgIpc) is 2.80. The molecule has 1 saturated heterocycles. The first-order valence-electron chi connectivity index (χ1n) is 10.7. The molecule has 1 N–H and O–H groups in total. The van der Waals surface area contributed by atoms with Gasteiger partial charge in [0, 0.05) is 36.9 Å². The molecule has 31 heavy (non-hydrogen) atoms. The summed E-state index contributed by atoms with van der Waals surface area (Å²) in [4.78, 5) is 17.3. The molecule has 4 nitrogen and oxygen atoms in total. The van der Waals surface area contributed by atoms with Crippen molar-refractivity contribution in [3.63, 3.8) is 0 Å². The van der Waals surface area contributed by atoms with Crippen molar-refractivity contribution in [2.24, 2.45) is 0 Å². The number of amides is 1. The molecular formula is C26H28ClN3O. The summed E-state index contributed by atoms with van der Waals surface area (Å²) in [6.45, 7) is 5.86. The van der Waals surface area contributed by atoms with Gasteiger partial charge in [0.15, 0.2) is 0 Å². The highest BCUT2D eigenvalue weighted by atomic mass is 35.5. The van der Waals surface area contributed by atoms with Crippen molar-refractivity contribution < 1.29 is 4.79 Å². The van der Waals surface area contributed by atoms with Gasteiger partial charge in [0.05, 0.1) is 12.6 Å². The lowest BCUT2D eigenvalue weighted by molar-refractivity contribution is -0.117. The number of rotatable bonds is 6. The Morgan fingerprint density at radius 3 is 2.03 bits per heavy atom. The van der Waals surface area contributed by atoms with E-state index >= 15 is 0 Å². The third-order valence-electron chi connectivity index (χ3n) is 5.91. The van der Waals surface area contributed by atoms with E-state index in [1.807, 2.05) is 25.1 Å². The minimum Gasteiger partial charge on any atom is -0.325 e. The number of carbonyl (C=O) groups is 1. The molecule has 0 unspecified atom stereocenters. The van der Waals surface area contributed by atoms with Gasteiger partial charge in [-0.15, -0.1) is 0 Å². The van der Waals surface area contributed by atoms with E-state index in [0.717, 1.165) is 37.4 Å². The van der Waals surface area contributed by atoms with E-state index in [-0.39, 0.29) is 11.9 Å². The second-order valence-corrected chi connectivity index (χ2v) is 8.40. The van der Waals surface area contributed by atoms with Crippen molar-refractivity contribution in [2.45, 2.75) is 13.0 Å². The maximum Gasteiger partial charge on any atom is 0.238 e. The quantitative estimate of drug-likeness (QED) is 0.594. The van der Waals surface area contributed by atoms with Gasteiger partial charge in [-0.1, -0.05) is 78.3 Å². The number of carbonyl (C=O) groups excluding carboxylic acids is 1. The lowest BCUT2D eigenvalue weighted by Gasteiger charge is -2.39. The predicted octanol–water partition coefficient (Wildman–Crippen LogP) is 4.99. The van der Waals surface area contributed by atoms with Gasteiger partial charge in [-0.3, -0.25) is 14.6 Å². The maximum atomic E-state index is 12.6. The Balaban J connectivity index is 1.39. The Labute approximate surface area is 189 Å². The van der Waals surface area contributed by atoms with E-state index < -0.39 is 0 Å². The van der Waals surface area contributed by atoms with E-state index in [1.54, 1.807) is 0 Å². The van der Waals surface area contributed by atoms with Crippen molar-refractivity contribution in [3.05, 3.63) is 101 Å². The van der Waals surface area contributed by atoms with Gasteiger partial charge in [0.25, 0.3) is 0 Å². The lowest BCUT2D eigenvalue weighted by atomic mass is 9.96. The van der Waals surface area contributed by atoms with Gasteiger partial charge >= 0.3 is 0 Å². The molecular weight excluding hydrogens is 406 g/mol. The smallest absolute Gasteiger partial charge is 0.238 e. The minimum atomic E-state index is 0.00138.